The molecule has 1 atom stereocenters. The van der Waals surface area contributed by atoms with Gasteiger partial charge in [0.2, 0.25) is 0 Å². The molecule has 0 unspecified atom stereocenters. The van der Waals surface area contributed by atoms with Gasteiger partial charge in [-0.15, -0.1) is 0 Å². The molecule has 0 aliphatic carbocycles. The summed E-state index contributed by atoms with van der Waals surface area (Å²) in [5, 5.41) is 10.8. The van der Waals surface area contributed by atoms with Crippen molar-refractivity contribution in [3.63, 3.8) is 0 Å². The Balaban J connectivity index is 1.88. The van der Waals surface area contributed by atoms with Gasteiger partial charge in [-0.05, 0) is 52.2 Å². The van der Waals surface area contributed by atoms with Crippen LogP contribution in [0.2, 0.25) is 0 Å². The van der Waals surface area contributed by atoms with Crippen molar-refractivity contribution >= 4 is 5.91 Å². The average Bonchev–Trinajstić information content (AvgIpc) is 3.10. The average molecular weight is 329 g/mol. The Labute approximate surface area is 140 Å². The summed E-state index contributed by atoms with van der Waals surface area (Å²) in [5.41, 5.74) is 3.18. The molecule has 0 radical (unpaired) electrons. The summed E-state index contributed by atoms with van der Waals surface area (Å²) in [6.45, 7) is 8.87. The van der Waals surface area contributed by atoms with Crippen LogP contribution in [-0.4, -0.2) is 43.4 Å². The van der Waals surface area contributed by atoms with Crippen LogP contribution in [0.15, 0.2) is 10.9 Å². The fourth-order valence-corrected chi connectivity index (χ4v) is 3.38. The number of hydrogen-bond acceptors (Lipinski definition) is 4. The van der Waals surface area contributed by atoms with Gasteiger partial charge in [-0.1, -0.05) is 0 Å². The van der Waals surface area contributed by atoms with Crippen molar-refractivity contribution in [2.45, 2.75) is 53.1 Å². The predicted octanol–water partition coefficient (Wildman–Crippen LogP) is 1.50. The molecule has 1 aliphatic heterocycles. The van der Waals surface area contributed by atoms with E-state index in [4.69, 9.17) is 0 Å². The molecular formula is C17H23N5O2. The molecule has 24 heavy (non-hydrogen) atoms. The highest BCUT2D eigenvalue weighted by Gasteiger charge is 2.32. The molecule has 0 saturated carbocycles. The number of carbonyl (C=O) groups excluding carboxylic acids is 1. The zero-order valence-corrected chi connectivity index (χ0v) is 14.6. The summed E-state index contributed by atoms with van der Waals surface area (Å²) >= 11 is 0. The molecule has 7 nitrogen and oxygen atoms in total. The molecule has 0 aromatic carbocycles. The first-order valence-electron chi connectivity index (χ1n) is 8.26. The third-order valence-electron chi connectivity index (χ3n) is 4.81. The van der Waals surface area contributed by atoms with Gasteiger partial charge in [-0.25, -0.2) is 5.10 Å². The van der Waals surface area contributed by atoms with Crippen LogP contribution in [0.3, 0.4) is 0 Å². The molecule has 1 saturated heterocycles. The molecule has 3 heterocycles. The number of aryl methyl sites for hydroxylation is 3. The van der Waals surface area contributed by atoms with Crippen molar-refractivity contribution in [2.75, 3.05) is 6.54 Å². The molecule has 1 N–H and O–H groups in total. The lowest BCUT2D eigenvalue weighted by Crippen LogP contribution is -2.41. The number of carbonyl (C=O) groups is 1. The molecule has 0 bridgehead atoms. The van der Waals surface area contributed by atoms with Crippen LogP contribution in [-0.2, 0) is 6.54 Å². The second kappa shape index (κ2) is 6.22. The number of H-pyrrole nitrogens is 1. The monoisotopic (exact) mass is 329 g/mol. The molecule has 1 amide bonds. The number of aromatic amines is 1. The van der Waals surface area contributed by atoms with Gasteiger partial charge in [-0.2, -0.15) is 10.2 Å². The Kier molecular flexibility index (Phi) is 4.26. The minimum Gasteiger partial charge on any atom is -0.334 e. The smallest absolute Gasteiger partial charge is 0.277 e. The second-order valence-corrected chi connectivity index (χ2v) is 6.54. The van der Waals surface area contributed by atoms with E-state index in [1.165, 1.54) is 0 Å². The van der Waals surface area contributed by atoms with Gasteiger partial charge in [0.25, 0.3) is 11.5 Å². The van der Waals surface area contributed by atoms with Gasteiger partial charge >= 0.3 is 0 Å². The van der Waals surface area contributed by atoms with E-state index in [9.17, 15) is 9.59 Å². The lowest BCUT2D eigenvalue weighted by molar-refractivity contribution is 0.0718. The Bertz CT molecular complexity index is 836. The van der Waals surface area contributed by atoms with E-state index < -0.39 is 5.56 Å². The maximum atomic E-state index is 13.0. The van der Waals surface area contributed by atoms with Gasteiger partial charge in [-0.3, -0.25) is 14.3 Å². The minimum atomic E-state index is -0.417. The first-order valence-corrected chi connectivity index (χ1v) is 8.26. The van der Waals surface area contributed by atoms with Crippen molar-refractivity contribution in [3.8, 4) is 0 Å². The SMILES string of the molecule is Cc1cc(C)n(C[C@H]2CCCN2C(=O)c2c(C)c(C)n[nH]c2=O)n1. The van der Waals surface area contributed by atoms with E-state index in [0.717, 1.165) is 24.2 Å². The van der Waals surface area contributed by atoms with Crippen LogP contribution >= 0.6 is 0 Å². The van der Waals surface area contributed by atoms with Gasteiger partial charge in [0.15, 0.2) is 0 Å². The van der Waals surface area contributed by atoms with E-state index in [1.807, 2.05) is 29.5 Å². The normalized spacial score (nSPS) is 17.5. The number of hydrogen-bond donors (Lipinski definition) is 1. The van der Waals surface area contributed by atoms with Crippen molar-refractivity contribution in [2.24, 2.45) is 0 Å². The summed E-state index contributed by atoms with van der Waals surface area (Å²) in [5.74, 6) is -0.205. The number of rotatable bonds is 3. The summed E-state index contributed by atoms with van der Waals surface area (Å²) in [6, 6.07) is 2.09. The highest BCUT2D eigenvalue weighted by atomic mass is 16.2. The maximum Gasteiger partial charge on any atom is 0.277 e. The van der Waals surface area contributed by atoms with E-state index in [-0.39, 0.29) is 17.5 Å². The number of nitrogens with zero attached hydrogens (tertiary/aromatic N) is 4. The van der Waals surface area contributed by atoms with E-state index in [0.29, 0.717) is 24.3 Å². The number of aromatic nitrogens is 4. The Morgan fingerprint density at radius 2 is 2.08 bits per heavy atom. The lowest BCUT2D eigenvalue weighted by atomic mass is 10.1. The topological polar surface area (TPSA) is 83.9 Å². The predicted molar refractivity (Wildman–Crippen MR) is 90.1 cm³/mol. The Morgan fingerprint density at radius 1 is 1.33 bits per heavy atom. The van der Waals surface area contributed by atoms with E-state index in [2.05, 4.69) is 15.3 Å². The van der Waals surface area contributed by atoms with Crippen LogP contribution < -0.4 is 5.56 Å². The van der Waals surface area contributed by atoms with Gasteiger partial charge in [0.1, 0.15) is 5.56 Å². The zero-order valence-electron chi connectivity index (χ0n) is 14.6. The molecule has 7 heteroatoms. The number of likely N-dealkylation sites (tertiary alicyclic amines) is 1. The maximum absolute atomic E-state index is 13.0. The van der Waals surface area contributed by atoms with Gasteiger partial charge in [0, 0.05) is 12.2 Å². The van der Waals surface area contributed by atoms with Crippen LogP contribution in [0, 0.1) is 27.7 Å². The first kappa shape index (κ1) is 16.4. The highest BCUT2D eigenvalue weighted by molar-refractivity contribution is 5.95. The second-order valence-electron chi connectivity index (χ2n) is 6.54. The van der Waals surface area contributed by atoms with Crippen LogP contribution in [0.25, 0.3) is 0 Å². The molecule has 1 aliphatic rings. The fraction of sp³-hybridized carbons (Fsp3) is 0.529. The van der Waals surface area contributed by atoms with E-state index >= 15 is 0 Å². The van der Waals surface area contributed by atoms with Crippen molar-refractivity contribution in [1.82, 2.24) is 24.9 Å². The Morgan fingerprint density at radius 3 is 2.75 bits per heavy atom. The van der Waals surface area contributed by atoms with Crippen LogP contribution in [0.4, 0.5) is 0 Å². The summed E-state index contributed by atoms with van der Waals surface area (Å²) in [7, 11) is 0. The molecule has 2 aromatic rings. The Hall–Kier alpha value is -2.44. The molecule has 128 valence electrons. The highest BCUT2D eigenvalue weighted by Crippen LogP contribution is 2.22. The zero-order chi connectivity index (χ0) is 17.4. The van der Waals surface area contributed by atoms with Gasteiger partial charge < -0.3 is 4.90 Å². The number of nitrogens with one attached hydrogen (secondary N) is 1. The lowest BCUT2D eigenvalue weighted by Gasteiger charge is -2.25. The van der Waals surface area contributed by atoms with E-state index in [1.54, 1.807) is 13.8 Å². The third-order valence-corrected chi connectivity index (χ3v) is 4.81. The minimum absolute atomic E-state index is 0.0581. The summed E-state index contributed by atoms with van der Waals surface area (Å²) in [6.07, 6.45) is 1.86. The van der Waals surface area contributed by atoms with Crippen LogP contribution in [0.5, 0.6) is 0 Å². The first-order chi connectivity index (χ1) is 11.4. The largest absolute Gasteiger partial charge is 0.334 e. The fourth-order valence-electron chi connectivity index (χ4n) is 3.38. The summed E-state index contributed by atoms with van der Waals surface area (Å²) < 4.78 is 1.94. The summed E-state index contributed by atoms with van der Waals surface area (Å²) in [4.78, 5) is 26.9. The number of amides is 1. The molecule has 3 rings (SSSR count). The van der Waals surface area contributed by atoms with Crippen molar-refractivity contribution in [1.29, 1.82) is 0 Å². The van der Waals surface area contributed by atoms with Gasteiger partial charge in [0.05, 0.1) is 24.0 Å². The van der Waals surface area contributed by atoms with Crippen molar-refractivity contribution < 1.29 is 4.79 Å². The quantitative estimate of drug-likeness (QED) is 0.925. The molecular weight excluding hydrogens is 306 g/mol. The molecule has 1 fully saturated rings. The third kappa shape index (κ3) is 2.86. The molecule has 0 spiro atoms. The van der Waals surface area contributed by atoms with Crippen LogP contribution in [0.1, 0.15) is 45.8 Å². The standard InChI is InChI=1S/C17H23N5O2/c1-10-8-11(2)22(20-10)9-14-6-5-7-21(14)17(24)15-12(3)13(4)18-19-16(15)23/h8,14H,5-7,9H2,1-4H3,(H,19,23)/t14-/m1/s1. The molecule has 2 aromatic heterocycles. The van der Waals surface area contributed by atoms with Crippen molar-refractivity contribution in [3.05, 3.63) is 44.6 Å².